The first-order chi connectivity index (χ1) is 8.44. The Morgan fingerprint density at radius 2 is 2.11 bits per heavy atom. The van der Waals surface area contributed by atoms with Gasteiger partial charge in [0.1, 0.15) is 11.4 Å². The Bertz CT molecular complexity index is 423. The maximum Gasteiger partial charge on any atom is 0.129 e. The molecule has 0 aliphatic carbocycles. The van der Waals surface area contributed by atoms with E-state index in [0.29, 0.717) is 0 Å². The number of hydrogen-bond donors (Lipinski definition) is 1. The Morgan fingerprint density at radius 3 is 2.78 bits per heavy atom. The molecule has 1 aliphatic rings. The molecule has 2 atom stereocenters. The molecule has 0 aromatic heterocycles. The number of hydrogen-bond acceptors (Lipinski definition) is 2. The third kappa shape index (κ3) is 2.54. The molecule has 1 aromatic carbocycles. The molecule has 2 nitrogen and oxygen atoms in total. The molecule has 0 saturated heterocycles. The van der Waals surface area contributed by atoms with Gasteiger partial charge in [-0.3, -0.25) is 0 Å². The van der Waals surface area contributed by atoms with Crippen molar-refractivity contribution in [1.82, 2.24) is 0 Å². The van der Waals surface area contributed by atoms with Crippen LogP contribution in [-0.4, -0.2) is 10.7 Å². The van der Waals surface area contributed by atoms with Crippen LogP contribution in [0.1, 0.15) is 57.8 Å². The van der Waals surface area contributed by atoms with Gasteiger partial charge in [0.15, 0.2) is 0 Å². The van der Waals surface area contributed by atoms with Crippen molar-refractivity contribution in [2.24, 2.45) is 5.92 Å². The molecule has 1 heterocycles. The van der Waals surface area contributed by atoms with Crippen LogP contribution in [0.4, 0.5) is 0 Å². The van der Waals surface area contributed by atoms with Gasteiger partial charge in [-0.2, -0.15) is 0 Å². The van der Waals surface area contributed by atoms with E-state index in [0.717, 1.165) is 30.6 Å². The van der Waals surface area contributed by atoms with E-state index in [-0.39, 0.29) is 11.5 Å². The zero-order chi connectivity index (χ0) is 13.3. The minimum absolute atomic E-state index is 0.147. The van der Waals surface area contributed by atoms with Gasteiger partial charge in [0, 0.05) is 12.0 Å². The van der Waals surface area contributed by atoms with Crippen LogP contribution < -0.4 is 4.74 Å². The van der Waals surface area contributed by atoms with Gasteiger partial charge in [-0.15, -0.1) is 0 Å². The van der Waals surface area contributed by atoms with Crippen molar-refractivity contribution < 1.29 is 9.84 Å². The van der Waals surface area contributed by atoms with Crippen molar-refractivity contribution >= 4 is 0 Å². The van der Waals surface area contributed by atoms with Gasteiger partial charge in [0.2, 0.25) is 0 Å². The van der Waals surface area contributed by atoms with Gasteiger partial charge in [-0.25, -0.2) is 0 Å². The van der Waals surface area contributed by atoms with Gasteiger partial charge in [-0.05, 0) is 31.7 Å². The molecule has 2 heteroatoms. The molecule has 0 spiro atoms. The Morgan fingerprint density at radius 1 is 1.39 bits per heavy atom. The van der Waals surface area contributed by atoms with E-state index in [9.17, 15) is 5.11 Å². The van der Waals surface area contributed by atoms with Gasteiger partial charge in [0.25, 0.3) is 0 Å². The van der Waals surface area contributed by atoms with Crippen molar-refractivity contribution in [2.45, 2.75) is 58.7 Å². The zero-order valence-electron chi connectivity index (χ0n) is 11.9. The largest absolute Gasteiger partial charge is 0.487 e. The minimum Gasteiger partial charge on any atom is -0.487 e. The summed E-state index contributed by atoms with van der Waals surface area (Å²) in [4.78, 5) is 0. The Balaban J connectivity index is 2.29. The van der Waals surface area contributed by atoms with Gasteiger partial charge in [0.05, 0.1) is 6.10 Å². The normalized spacial score (nSPS) is 20.1. The molecule has 0 amide bonds. The van der Waals surface area contributed by atoms with E-state index in [1.165, 1.54) is 5.56 Å². The van der Waals surface area contributed by atoms with E-state index in [2.05, 4.69) is 33.8 Å². The van der Waals surface area contributed by atoms with Crippen LogP contribution in [0, 0.1) is 5.92 Å². The quantitative estimate of drug-likeness (QED) is 0.876. The van der Waals surface area contributed by atoms with Crippen LogP contribution in [0.3, 0.4) is 0 Å². The summed E-state index contributed by atoms with van der Waals surface area (Å²) < 4.78 is 6.01. The summed E-state index contributed by atoms with van der Waals surface area (Å²) in [7, 11) is 0. The van der Waals surface area contributed by atoms with Gasteiger partial charge >= 0.3 is 0 Å². The summed E-state index contributed by atoms with van der Waals surface area (Å²) in [5, 5.41) is 10.5. The molecule has 1 N–H and O–H groups in total. The second kappa shape index (κ2) is 4.93. The van der Waals surface area contributed by atoms with Crippen molar-refractivity contribution in [3.63, 3.8) is 0 Å². The molecule has 100 valence electrons. The predicted octanol–water partition coefficient (Wildman–Crippen LogP) is 3.87. The molecule has 1 aromatic rings. The molecule has 0 radical (unpaired) electrons. The monoisotopic (exact) mass is 248 g/mol. The number of para-hydroxylation sites is 1. The van der Waals surface area contributed by atoms with Crippen LogP contribution in [0.25, 0.3) is 0 Å². The van der Waals surface area contributed by atoms with E-state index < -0.39 is 6.10 Å². The standard InChI is InChI=1S/C16H24O2/c1-5-7-11(2)14(17)13-9-6-8-12-10-16(3,4)18-15(12)13/h6,8-9,11,14,17H,5,7,10H2,1-4H3. The van der Waals surface area contributed by atoms with Crippen molar-refractivity contribution in [3.05, 3.63) is 29.3 Å². The lowest BCUT2D eigenvalue weighted by Gasteiger charge is -2.23. The third-order valence-electron chi connectivity index (χ3n) is 3.72. The molecule has 18 heavy (non-hydrogen) atoms. The molecule has 0 fully saturated rings. The summed E-state index contributed by atoms with van der Waals surface area (Å²) in [6.07, 6.45) is 2.63. The predicted molar refractivity (Wildman–Crippen MR) is 73.9 cm³/mol. The molecule has 2 rings (SSSR count). The summed E-state index contributed by atoms with van der Waals surface area (Å²) in [6.45, 7) is 8.45. The number of rotatable bonds is 4. The fourth-order valence-corrected chi connectivity index (χ4v) is 2.79. The lowest BCUT2D eigenvalue weighted by atomic mass is 9.91. The van der Waals surface area contributed by atoms with Crippen molar-refractivity contribution in [2.75, 3.05) is 0 Å². The highest BCUT2D eigenvalue weighted by atomic mass is 16.5. The molecule has 2 unspecified atom stereocenters. The zero-order valence-corrected chi connectivity index (χ0v) is 11.9. The van der Waals surface area contributed by atoms with Crippen LogP contribution in [0.5, 0.6) is 5.75 Å². The smallest absolute Gasteiger partial charge is 0.129 e. The summed E-state index contributed by atoms with van der Waals surface area (Å²) in [5.74, 6) is 1.19. The number of benzene rings is 1. The van der Waals surface area contributed by atoms with Crippen LogP contribution in [-0.2, 0) is 6.42 Å². The van der Waals surface area contributed by atoms with E-state index in [1.54, 1.807) is 0 Å². The minimum atomic E-state index is -0.422. The second-order valence-electron chi connectivity index (χ2n) is 6.08. The van der Waals surface area contributed by atoms with E-state index in [1.807, 2.05) is 12.1 Å². The third-order valence-corrected chi connectivity index (χ3v) is 3.72. The average Bonchev–Trinajstić information content (AvgIpc) is 2.61. The summed E-state index contributed by atoms with van der Waals surface area (Å²) in [6, 6.07) is 6.13. The lowest BCUT2D eigenvalue weighted by Crippen LogP contribution is -2.25. The highest BCUT2D eigenvalue weighted by Crippen LogP contribution is 2.42. The average molecular weight is 248 g/mol. The Kier molecular flexibility index (Phi) is 3.67. The maximum atomic E-state index is 10.5. The Hall–Kier alpha value is -1.02. The number of ether oxygens (including phenoxy) is 1. The number of aliphatic hydroxyl groups is 1. The first kappa shape index (κ1) is 13.4. The topological polar surface area (TPSA) is 29.5 Å². The van der Waals surface area contributed by atoms with E-state index in [4.69, 9.17) is 4.74 Å². The fourth-order valence-electron chi connectivity index (χ4n) is 2.79. The van der Waals surface area contributed by atoms with E-state index >= 15 is 0 Å². The lowest BCUT2D eigenvalue weighted by molar-refractivity contribution is 0.0975. The molecular weight excluding hydrogens is 224 g/mol. The highest BCUT2D eigenvalue weighted by molar-refractivity contribution is 5.46. The number of fused-ring (bicyclic) bond motifs is 1. The number of aliphatic hydroxyl groups excluding tert-OH is 1. The first-order valence-corrected chi connectivity index (χ1v) is 6.93. The van der Waals surface area contributed by atoms with Crippen molar-refractivity contribution in [3.8, 4) is 5.75 Å². The first-order valence-electron chi connectivity index (χ1n) is 6.93. The van der Waals surface area contributed by atoms with Crippen LogP contribution in [0.15, 0.2) is 18.2 Å². The van der Waals surface area contributed by atoms with Gasteiger partial charge < -0.3 is 9.84 Å². The maximum absolute atomic E-state index is 10.5. The second-order valence-corrected chi connectivity index (χ2v) is 6.08. The molecule has 0 saturated carbocycles. The molecule has 1 aliphatic heterocycles. The van der Waals surface area contributed by atoms with Gasteiger partial charge in [-0.1, -0.05) is 38.5 Å². The molecular formula is C16H24O2. The van der Waals surface area contributed by atoms with Crippen molar-refractivity contribution in [1.29, 1.82) is 0 Å². The highest BCUT2D eigenvalue weighted by Gasteiger charge is 2.33. The van der Waals surface area contributed by atoms with Crippen LogP contribution in [0.2, 0.25) is 0 Å². The molecule has 0 bridgehead atoms. The Labute approximate surface area is 110 Å². The summed E-state index contributed by atoms with van der Waals surface area (Å²) in [5.41, 5.74) is 2.03. The fraction of sp³-hybridized carbons (Fsp3) is 0.625. The SMILES string of the molecule is CCCC(C)C(O)c1cccc2c1OC(C)(C)C2. The van der Waals surface area contributed by atoms with Crippen LogP contribution >= 0.6 is 0 Å². The summed E-state index contributed by atoms with van der Waals surface area (Å²) >= 11 is 0.